The van der Waals surface area contributed by atoms with Gasteiger partial charge in [0.2, 0.25) is 0 Å². The van der Waals surface area contributed by atoms with Gasteiger partial charge >= 0.3 is 5.97 Å². The third-order valence-corrected chi connectivity index (χ3v) is 3.12. The zero-order valence-corrected chi connectivity index (χ0v) is 12.3. The van der Waals surface area contributed by atoms with Gasteiger partial charge < -0.3 is 9.47 Å². The van der Waals surface area contributed by atoms with Gasteiger partial charge in [-0.15, -0.1) is 0 Å². The lowest BCUT2D eigenvalue weighted by Crippen LogP contribution is -2.54. The maximum atomic E-state index is 11.8. The summed E-state index contributed by atoms with van der Waals surface area (Å²) in [6, 6.07) is 0.445. The molecule has 1 saturated carbocycles. The molecular formula is C14H27NO3. The standard InChI is InChI=1S/C14H27NO3/c1-13(2,3)8-9-18-10-14(4,12(16)17-5)15-11-6-7-11/h11,15H,6-10H2,1-5H3. The summed E-state index contributed by atoms with van der Waals surface area (Å²) in [6.07, 6.45) is 3.25. The van der Waals surface area contributed by atoms with Crippen molar-refractivity contribution in [3.8, 4) is 0 Å². The molecular weight excluding hydrogens is 230 g/mol. The molecule has 0 aromatic heterocycles. The van der Waals surface area contributed by atoms with Crippen LogP contribution >= 0.6 is 0 Å². The van der Waals surface area contributed by atoms with E-state index in [2.05, 4.69) is 26.1 Å². The van der Waals surface area contributed by atoms with Crippen molar-refractivity contribution in [2.45, 2.75) is 58.5 Å². The predicted molar refractivity (Wildman–Crippen MR) is 71.5 cm³/mol. The Morgan fingerprint density at radius 3 is 2.33 bits per heavy atom. The summed E-state index contributed by atoms with van der Waals surface area (Å²) in [6.45, 7) is 9.43. The molecule has 0 saturated heterocycles. The van der Waals surface area contributed by atoms with E-state index in [0.29, 0.717) is 19.3 Å². The molecule has 0 aromatic rings. The van der Waals surface area contributed by atoms with Crippen molar-refractivity contribution in [2.75, 3.05) is 20.3 Å². The van der Waals surface area contributed by atoms with E-state index in [1.165, 1.54) is 7.11 Å². The molecule has 0 radical (unpaired) electrons. The first-order valence-electron chi connectivity index (χ1n) is 6.71. The average molecular weight is 257 g/mol. The van der Waals surface area contributed by atoms with Gasteiger partial charge in [-0.1, -0.05) is 20.8 Å². The van der Waals surface area contributed by atoms with Crippen molar-refractivity contribution in [1.29, 1.82) is 0 Å². The molecule has 1 atom stereocenters. The summed E-state index contributed by atoms with van der Waals surface area (Å²) in [5.74, 6) is -0.245. The zero-order valence-electron chi connectivity index (χ0n) is 12.3. The number of carbonyl (C=O) groups excluding carboxylic acids is 1. The van der Waals surface area contributed by atoms with Crippen molar-refractivity contribution in [2.24, 2.45) is 5.41 Å². The first-order valence-corrected chi connectivity index (χ1v) is 6.71. The lowest BCUT2D eigenvalue weighted by atomic mass is 9.93. The van der Waals surface area contributed by atoms with Gasteiger partial charge in [-0.3, -0.25) is 5.32 Å². The Balaban J connectivity index is 2.38. The number of hydrogen-bond acceptors (Lipinski definition) is 4. The van der Waals surface area contributed by atoms with Crippen LogP contribution in [0.15, 0.2) is 0 Å². The number of ether oxygens (including phenoxy) is 2. The summed E-state index contributed by atoms with van der Waals surface area (Å²) in [5, 5.41) is 3.32. The maximum Gasteiger partial charge on any atom is 0.328 e. The highest BCUT2D eigenvalue weighted by Crippen LogP contribution is 2.24. The quantitative estimate of drug-likeness (QED) is 0.560. The third-order valence-electron chi connectivity index (χ3n) is 3.12. The molecule has 0 aromatic carbocycles. The van der Waals surface area contributed by atoms with E-state index in [9.17, 15) is 4.79 Å². The Labute approximate surface area is 110 Å². The van der Waals surface area contributed by atoms with Crippen LogP contribution in [0.3, 0.4) is 0 Å². The van der Waals surface area contributed by atoms with E-state index in [4.69, 9.17) is 9.47 Å². The summed E-state index contributed by atoms with van der Waals surface area (Å²) in [4.78, 5) is 11.8. The molecule has 1 unspecified atom stereocenters. The Morgan fingerprint density at radius 1 is 1.28 bits per heavy atom. The Kier molecular flexibility index (Phi) is 5.17. The monoisotopic (exact) mass is 257 g/mol. The maximum absolute atomic E-state index is 11.8. The van der Waals surface area contributed by atoms with Crippen LogP contribution in [-0.2, 0) is 14.3 Å². The molecule has 4 heteroatoms. The van der Waals surface area contributed by atoms with Crippen LogP contribution < -0.4 is 5.32 Å². The van der Waals surface area contributed by atoms with Gasteiger partial charge in [0, 0.05) is 12.6 Å². The number of esters is 1. The molecule has 0 amide bonds. The molecule has 1 N–H and O–H groups in total. The number of nitrogens with one attached hydrogen (secondary N) is 1. The van der Waals surface area contributed by atoms with Crippen LogP contribution in [0.1, 0.15) is 47.0 Å². The Morgan fingerprint density at radius 2 is 1.89 bits per heavy atom. The summed E-state index contributed by atoms with van der Waals surface area (Å²) in [5.41, 5.74) is -0.459. The van der Waals surface area contributed by atoms with Gasteiger partial charge in [-0.05, 0) is 31.6 Å². The molecule has 0 heterocycles. The largest absolute Gasteiger partial charge is 0.468 e. The lowest BCUT2D eigenvalue weighted by molar-refractivity contribution is -0.150. The number of rotatable bonds is 7. The fraction of sp³-hybridized carbons (Fsp3) is 0.929. The second-order valence-corrected chi connectivity index (χ2v) is 6.61. The lowest BCUT2D eigenvalue weighted by Gasteiger charge is -2.28. The minimum Gasteiger partial charge on any atom is -0.468 e. The van der Waals surface area contributed by atoms with Crippen molar-refractivity contribution in [3.63, 3.8) is 0 Å². The van der Waals surface area contributed by atoms with Crippen molar-refractivity contribution in [1.82, 2.24) is 5.32 Å². The van der Waals surface area contributed by atoms with Gasteiger partial charge in [0.15, 0.2) is 0 Å². The zero-order chi connectivity index (χ0) is 13.8. The van der Waals surface area contributed by atoms with Gasteiger partial charge in [-0.25, -0.2) is 4.79 Å². The van der Waals surface area contributed by atoms with Crippen molar-refractivity contribution >= 4 is 5.97 Å². The molecule has 1 aliphatic carbocycles. The van der Waals surface area contributed by atoms with Gasteiger partial charge in [0.25, 0.3) is 0 Å². The average Bonchev–Trinajstić information content (AvgIpc) is 3.06. The first kappa shape index (κ1) is 15.4. The SMILES string of the molecule is COC(=O)C(C)(COCCC(C)(C)C)NC1CC1. The second kappa shape index (κ2) is 6.02. The van der Waals surface area contributed by atoms with Crippen LogP contribution in [0.5, 0.6) is 0 Å². The van der Waals surface area contributed by atoms with E-state index in [1.54, 1.807) is 0 Å². The molecule has 0 bridgehead atoms. The summed E-state index contributed by atoms with van der Waals surface area (Å²) in [7, 11) is 1.42. The second-order valence-electron chi connectivity index (χ2n) is 6.61. The van der Waals surface area contributed by atoms with Gasteiger partial charge in [0.05, 0.1) is 13.7 Å². The molecule has 1 rings (SSSR count). The van der Waals surface area contributed by atoms with Crippen LogP contribution in [0.2, 0.25) is 0 Å². The summed E-state index contributed by atoms with van der Waals surface area (Å²) < 4.78 is 10.5. The first-order chi connectivity index (χ1) is 8.27. The summed E-state index contributed by atoms with van der Waals surface area (Å²) >= 11 is 0. The topological polar surface area (TPSA) is 47.6 Å². The fourth-order valence-electron chi connectivity index (χ4n) is 1.72. The highest BCUT2D eigenvalue weighted by atomic mass is 16.5. The molecule has 0 aliphatic heterocycles. The molecule has 0 spiro atoms. The molecule has 18 heavy (non-hydrogen) atoms. The molecule has 1 fully saturated rings. The molecule has 106 valence electrons. The van der Waals surface area contributed by atoms with Gasteiger partial charge in [0.1, 0.15) is 5.54 Å². The van der Waals surface area contributed by atoms with Crippen molar-refractivity contribution < 1.29 is 14.3 Å². The van der Waals surface area contributed by atoms with E-state index < -0.39 is 5.54 Å². The van der Waals surface area contributed by atoms with Crippen LogP contribution in [0.4, 0.5) is 0 Å². The highest BCUT2D eigenvalue weighted by molar-refractivity contribution is 5.80. The van der Waals surface area contributed by atoms with Crippen LogP contribution in [0.25, 0.3) is 0 Å². The molecule has 1 aliphatic rings. The van der Waals surface area contributed by atoms with Crippen molar-refractivity contribution in [3.05, 3.63) is 0 Å². The number of hydrogen-bond donors (Lipinski definition) is 1. The fourth-order valence-corrected chi connectivity index (χ4v) is 1.72. The molecule has 4 nitrogen and oxygen atoms in total. The Hall–Kier alpha value is -0.610. The van der Waals surface area contributed by atoms with Gasteiger partial charge in [-0.2, -0.15) is 0 Å². The number of methoxy groups -OCH3 is 1. The van der Waals surface area contributed by atoms with Crippen LogP contribution in [-0.4, -0.2) is 37.9 Å². The van der Waals surface area contributed by atoms with E-state index >= 15 is 0 Å². The predicted octanol–water partition coefficient (Wildman–Crippen LogP) is 2.12. The van der Waals surface area contributed by atoms with E-state index in [-0.39, 0.29) is 11.4 Å². The Bertz CT molecular complexity index is 281. The smallest absolute Gasteiger partial charge is 0.328 e. The van der Waals surface area contributed by atoms with E-state index in [0.717, 1.165) is 19.3 Å². The van der Waals surface area contributed by atoms with Crippen LogP contribution in [0, 0.1) is 5.41 Å². The minimum atomic E-state index is -0.714. The van der Waals surface area contributed by atoms with E-state index in [1.807, 2.05) is 6.92 Å². The third kappa shape index (κ3) is 5.36. The number of carbonyl (C=O) groups is 1. The highest BCUT2D eigenvalue weighted by Gasteiger charge is 2.39. The minimum absolute atomic E-state index is 0.245. The normalized spacial score (nSPS) is 19.4.